The molecule has 0 aliphatic heterocycles. The Balaban J connectivity index is 2.23. The Labute approximate surface area is 91.3 Å². The molecule has 0 unspecified atom stereocenters. The van der Waals surface area contributed by atoms with Crippen molar-refractivity contribution < 1.29 is 4.39 Å². The summed E-state index contributed by atoms with van der Waals surface area (Å²) in [5, 5.41) is 2.94. The first-order valence-electron chi connectivity index (χ1n) is 4.56. The van der Waals surface area contributed by atoms with Crippen molar-refractivity contribution >= 4 is 23.3 Å². The molecule has 16 heavy (non-hydrogen) atoms. The highest BCUT2D eigenvalue weighted by atomic mass is 19.1. The van der Waals surface area contributed by atoms with E-state index in [0.29, 0.717) is 11.5 Å². The van der Waals surface area contributed by atoms with Crippen molar-refractivity contribution in [3.63, 3.8) is 0 Å². The summed E-state index contributed by atoms with van der Waals surface area (Å²) in [6.45, 7) is 0. The van der Waals surface area contributed by atoms with Crippen LogP contribution in [0.2, 0.25) is 0 Å². The molecule has 0 amide bonds. The Kier molecular flexibility index (Phi) is 2.55. The highest BCUT2D eigenvalue weighted by Gasteiger charge is 2.00. The van der Waals surface area contributed by atoms with Crippen molar-refractivity contribution in [1.29, 1.82) is 0 Å². The van der Waals surface area contributed by atoms with Crippen LogP contribution in [0.4, 0.5) is 27.7 Å². The Morgan fingerprint density at radius 3 is 2.38 bits per heavy atom. The average Bonchev–Trinajstić information content (AvgIpc) is 2.20. The standard InChI is InChI=1S/C10H10FN5/c11-6-1-3-7(4-2-6)14-9-5-8(12)15-10(13)16-9/h1-5H,(H5,12,13,14,15,16). The fraction of sp³-hybridized carbons (Fsp3) is 0. The number of nitrogens with one attached hydrogen (secondary N) is 1. The lowest BCUT2D eigenvalue weighted by Crippen LogP contribution is -2.02. The molecule has 0 spiro atoms. The molecule has 2 aromatic rings. The van der Waals surface area contributed by atoms with Gasteiger partial charge in [-0.2, -0.15) is 9.97 Å². The molecule has 0 radical (unpaired) electrons. The van der Waals surface area contributed by atoms with Gasteiger partial charge in [-0.3, -0.25) is 0 Å². The minimum absolute atomic E-state index is 0.0876. The van der Waals surface area contributed by atoms with Crippen molar-refractivity contribution in [2.45, 2.75) is 0 Å². The van der Waals surface area contributed by atoms with Gasteiger partial charge in [-0.15, -0.1) is 0 Å². The summed E-state index contributed by atoms with van der Waals surface area (Å²) in [6.07, 6.45) is 0. The van der Waals surface area contributed by atoms with Gasteiger partial charge in [0.1, 0.15) is 17.5 Å². The minimum Gasteiger partial charge on any atom is -0.383 e. The zero-order valence-corrected chi connectivity index (χ0v) is 8.31. The molecule has 0 fully saturated rings. The molecule has 6 heteroatoms. The van der Waals surface area contributed by atoms with Crippen LogP contribution in [-0.2, 0) is 0 Å². The van der Waals surface area contributed by atoms with Gasteiger partial charge in [-0.05, 0) is 24.3 Å². The van der Waals surface area contributed by atoms with E-state index in [2.05, 4.69) is 15.3 Å². The lowest BCUT2D eigenvalue weighted by atomic mass is 10.3. The maximum Gasteiger partial charge on any atom is 0.223 e. The molecule has 5 nitrogen and oxygen atoms in total. The summed E-state index contributed by atoms with van der Waals surface area (Å²) in [4.78, 5) is 7.67. The quantitative estimate of drug-likeness (QED) is 0.712. The van der Waals surface area contributed by atoms with E-state index < -0.39 is 0 Å². The maximum absolute atomic E-state index is 12.7. The summed E-state index contributed by atoms with van der Waals surface area (Å²) in [5.74, 6) is 0.533. The van der Waals surface area contributed by atoms with Crippen molar-refractivity contribution in [1.82, 2.24) is 9.97 Å². The molecule has 0 atom stereocenters. The van der Waals surface area contributed by atoms with E-state index in [1.54, 1.807) is 18.2 Å². The highest BCUT2D eigenvalue weighted by molar-refractivity contribution is 5.59. The number of aromatic nitrogens is 2. The fourth-order valence-electron chi connectivity index (χ4n) is 1.23. The normalized spacial score (nSPS) is 10.1. The molecule has 0 saturated heterocycles. The summed E-state index contributed by atoms with van der Waals surface area (Å²) in [6, 6.07) is 7.40. The molecular weight excluding hydrogens is 209 g/mol. The SMILES string of the molecule is Nc1cc(Nc2ccc(F)cc2)nc(N)n1. The Hall–Kier alpha value is -2.37. The summed E-state index contributed by atoms with van der Waals surface area (Å²) in [5.41, 5.74) is 11.6. The first-order valence-corrected chi connectivity index (χ1v) is 4.56. The van der Waals surface area contributed by atoms with Crippen LogP contribution in [-0.4, -0.2) is 9.97 Å². The summed E-state index contributed by atoms with van der Waals surface area (Å²) in [7, 11) is 0. The third kappa shape index (κ3) is 2.35. The van der Waals surface area contributed by atoms with Crippen molar-refractivity contribution in [2.75, 3.05) is 16.8 Å². The third-order valence-corrected chi connectivity index (χ3v) is 1.88. The number of halogens is 1. The molecule has 0 saturated carbocycles. The number of rotatable bonds is 2. The molecule has 0 aliphatic rings. The van der Waals surface area contributed by atoms with Crippen LogP contribution in [0.1, 0.15) is 0 Å². The van der Waals surface area contributed by atoms with Gasteiger partial charge in [0, 0.05) is 11.8 Å². The minimum atomic E-state index is -0.299. The largest absolute Gasteiger partial charge is 0.383 e. The second kappa shape index (κ2) is 4.01. The first-order chi connectivity index (χ1) is 7.63. The Morgan fingerprint density at radius 1 is 1.06 bits per heavy atom. The van der Waals surface area contributed by atoms with Crippen molar-refractivity contribution in [3.05, 3.63) is 36.1 Å². The predicted molar refractivity (Wildman–Crippen MR) is 60.5 cm³/mol. The van der Waals surface area contributed by atoms with E-state index in [0.717, 1.165) is 0 Å². The topological polar surface area (TPSA) is 89.8 Å². The van der Waals surface area contributed by atoms with Crippen molar-refractivity contribution in [2.24, 2.45) is 0 Å². The predicted octanol–water partition coefficient (Wildman–Crippen LogP) is 1.52. The van der Waals surface area contributed by atoms with E-state index in [1.165, 1.54) is 12.1 Å². The molecular formula is C10H10FN5. The number of nitrogen functional groups attached to an aromatic ring is 2. The molecule has 0 bridgehead atoms. The van der Waals surface area contributed by atoms with Crippen LogP contribution in [0.5, 0.6) is 0 Å². The zero-order chi connectivity index (χ0) is 11.5. The fourth-order valence-corrected chi connectivity index (χ4v) is 1.23. The van der Waals surface area contributed by atoms with Crippen LogP contribution in [0.25, 0.3) is 0 Å². The number of hydrogen-bond acceptors (Lipinski definition) is 5. The number of benzene rings is 1. The molecule has 2 rings (SSSR count). The van der Waals surface area contributed by atoms with Gasteiger partial charge in [-0.25, -0.2) is 4.39 Å². The van der Waals surface area contributed by atoms with E-state index in [1.807, 2.05) is 0 Å². The molecule has 1 aromatic heterocycles. The van der Waals surface area contributed by atoms with Gasteiger partial charge in [0.25, 0.3) is 0 Å². The third-order valence-electron chi connectivity index (χ3n) is 1.88. The smallest absolute Gasteiger partial charge is 0.223 e. The number of nitrogens with two attached hydrogens (primary N) is 2. The van der Waals surface area contributed by atoms with E-state index >= 15 is 0 Å². The monoisotopic (exact) mass is 219 g/mol. The number of anilines is 4. The Morgan fingerprint density at radius 2 is 1.75 bits per heavy atom. The van der Waals surface area contributed by atoms with E-state index in [9.17, 15) is 4.39 Å². The zero-order valence-electron chi connectivity index (χ0n) is 8.31. The molecule has 1 heterocycles. The maximum atomic E-state index is 12.7. The van der Waals surface area contributed by atoms with Crippen molar-refractivity contribution in [3.8, 4) is 0 Å². The average molecular weight is 219 g/mol. The van der Waals surface area contributed by atoms with Gasteiger partial charge in [-0.1, -0.05) is 0 Å². The molecule has 1 aromatic carbocycles. The van der Waals surface area contributed by atoms with Crippen LogP contribution in [0.15, 0.2) is 30.3 Å². The molecule has 0 aliphatic carbocycles. The van der Waals surface area contributed by atoms with Gasteiger partial charge in [0.2, 0.25) is 5.95 Å². The lowest BCUT2D eigenvalue weighted by molar-refractivity contribution is 0.628. The van der Waals surface area contributed by atoms with Gasteiger partial charge >= 0.3 is 0 Å². The molecule has 82 valence electrons. The van der Waals surface area contributed by atoms with E-state index in [4.69, 9.17) is 11.5 Å². The number of hydrogen-bond donors (Lipinski definition) is 3. The van der Waals surface area contributed by atoms with Gasteiger partial charge in [0.05, 0.1) is 0 Å². The molecule has 5 N–H and O–H groups in total. The lowest BCUT2D eigenvalue weighted by Gasteiger charge is -2.06. The van der Waals surface area contributed by atoms with Gasteiger partial charge < -0.3 is 16.8 Å². The Bertz CT molecular complexity index is 477. The van der Waals surface area contributed by atoms with Crippen LogP contribution >= 0.6 is 0 Å². The second-order valence-electron chi connectivity index (χ2n) is 3.17. The summed E-state index contributed by atoms with van der Waals surface area (Å²) >= 11 is 0. The highest BCUT2D eigenvalue weighted by Crippen LogP contribution is 2.16. The van der Waals surface area contributed by atoms with E-state index in [-0.39, 0.29) is 17.6 Å². The second-order valence-corrected chi connectivity index (χ2v) is 3.17. The number of nitrogens with zero attached hydrogens (tertiary/aromatic N) is 2. The van der Waals surface area contributed by atoms with Gasteiger partial charge in [0.15, 0.2) is 0 Å². The van der Waals surface area contributed by atoms with Crippen LogP contribution in [0, 0.1) is 5.82 Å². The first kappa shape index (κ1) is 10.2. The van der Waals surface area contributed by atoms with Crippen LogP contribution < -0.4 is 16.8 Å². The summed E-state index contributed by atoms with van der Waals surface area (Å²) < 4.78 is 12.7. The van der Waals surface area contributed by atoms with Crippen LogP contribution in [0.3, 0.4) is 0 Å².